The summed E-state index contributed by atoms with van der Waals surface area (Å²) in [5.41, 5.74) is 5.76. The normalized spacial score (nSPS) is 35.6. The summed E-state index contributed by atoms with van der Waals surface area (Å²) >= 11 is 0. The second-order valence-corrected chi connectivity index (χ2v) is 5.28. The van der Waals surface area contributed by atoms with E-state index in [4.69, 9.17) is 5.73 Å². The van der Waals surface area contributed by atoms with Crippen molar-refractivity contribution in [1.82, 2.24) is 4.90 Å². The molecule has 1 saturated heterocycles. The van der Waals surface area contributed by atoms with E-state index in [1.54, 1.807) is 0 Å². The van der Waals surface area contributed by atoms with E-state index >= 15 is 0 Å². The minimum Gasteiger partial charge on any atom is -0.330 e. The summed E-state index contributed by atoms with van der Waals surface area (Å²) in [5, 5.41) is 0. The van der Waals surface area contributed by atoms with Gasteiger partial charge in [0.2, 0.25) is 0 Å². The Balaban J connectivity index is 1.80. The highest BCUT2D eigenvalue weighted by Gasteiger charge is 2.28. The monoisotopic (exact) mass is 196 g/mol. The lowest BCUT2D eigenvalue weighted by Crippen LogP contribution is -2.46. The van der Waals surface area contributed by atoms with E-state index in [1.165, 1.54) is 45.2 Å². The molecule has 0 bridgehead atoms. The van der Waals surface area contributed by atoms with Crippen LogP contribution >= 0.6 is 0 Å². The van der Waals surface area contributed by atoms with Gasteiger partial charge in [-0.1, -0.05) is 6.42 Å². The summed E-state index contributed by atoms with van der Waals surface area (Å²) in [6, 6.07) is 0.804. The lowest BCUT2D eigenvalue weighted by molar-refractivity contribution is 0.0822. The van der Waals surface area contributed by atoms with Crippen LogP contribution in [0.4, 0.5) is 0 Å². The first kappa shape index (κ1) is 10.4. The second kappa shape index (κ2) is 4.63. The number of likely N-dealkylation sites (tertiary alicyclic amines) is 1. The van der Waals surface area contributed by atoms with Crippen molar-refractivity contribution in [3.05, 3.63) is 0 Å². The van der Waals surface area contributed by atoms with Gasteiger partial charge in [-0.2, -0.15) is 0 Å². The molecule has 0 aromatic carbocycles. The highest BCUT2D eigenvalue weighted by Crippen LogP contribution is 2.30. The van der Waals surface area contributed by atoms with Crippen LogP contribution in [-0.4, -0.2) is 30.6 Å². The van der Waals surface area contributed by atoms with E-state index in [-0.39, 0.29) is 0 Å². The Morgan fingerprint density at radius 2 is 1.93 bits per heavy atom. The van der Waals surface area contributed by atoms with Crippen molar-refractivity contribution in [2.75, 3.05) is 19.6 Å². The van der Waals surface area contributed by atoms with Gasteiger partial charge in [-0.15, -0.1) is 0 Å². The van der Waals surface area contributed by atoms with E-state index in [2.05, 4.69) is 11.8 Å². The maximum Gasteiger partial charge on any atom is 0.00672 e. The largest absolute Gasteiger partial charge is 0.330 e. The van der Waals surface area contributed by atoms with Crippen molar-refractivity contribution < 1.29 is 0 Å². The quantitative estimate of drug-likeness (QED) is 0.746. The highest BCUT2D eigenvalue weighted by molar-refractivity contribution is 4.83. The lowest BCUT2D eigenvalue weighted by Gasteiger charge is -2.41. The molecule has 2 heteroatoms. The van der Waals surface area contributed by atoms with E-state index in [9.17, 15) is 0 Å². The first-order valence-corrected chi connectivity index (χ1v) is 6.23. The summed E-state index contributed by atoms with van der Waals surface area (Å²) in [6.45, 7) is 5.87. The lowest BCUT2D eigenvalue weighted by atomic mass is 9.83. The summed E-state index contributed by atoms with van der Waals surface area (Å²) in [4.78, 5) is 2.69. The number of nitrogens with zero attached hydrogens (tertiary/aromatic N) is 1. The minimum absolute atomic E-state index is 0.770. The fourth-order valence-corrected chi connectivity index (χ4v) is 2.72. The zero-order valence-corrected chi connectivity index (χ0v) is 9.41. The fraction of sp³-hybridized carbons (Fsp3) is 1.00. The van der Waals surface area contributed by atoms with Crippen LogP contribution in [-0.2, 0) is 0 Å². The molecule has 0 radical (unpaired) electrons. The maximum atomic E-state index is 5.76. The molecule has 1 aliphatic carbocycles. The molecule has 1 saturated carbocycles. The molecule has 2 aliphatic rings. The Hall–Kier alpha value is -0.0800. The number of piperidine rings is 1. The smallest absolute Gasteiger partial charge is 0.00672 e. The molecular weight excluding hydrogens is 172 g/mol. The van der Waals surface area contributed by atoms with Gasteiger partial charge >= 0.3 is 0 Å². The topological polar surface area (TPSA) is 29.3 Å². The molecule has 2 unspecified atom stereocenters. The van der Waals surface area contributed by atoms with Crippen LogP contribution in [0.1, 0.15) is 39.0 Å². The van der Waals surface area contributed by atoms with Crippen molar-refractivity contribution >= 4 is 0 Å². The van der Waals surface area contributed by atoms with Crippen LogP contribution in [0.25, 0.3) is 0 Å². The number of hydrogen-bond donors (Lipinski definition) is 1. The van der Waals surface area contributed by atoms with Gasteiger partial charge in [0.15, 0.2) is 0 Å². The third kappa shape index (κ3) is 2.29. The van der Waals surface area contributed by atoms with Crippen LogP contribution in [0.3, 0.4) is 0 Å². The number of hydrogen-bond acceptors (Lipinski definition) is 2. The van der Waals surface area contributed by atoms with Gasteiger partial charge in [-0.3, -0.25) is 0 Å². The third-order valence-electron chi connectivity index (χ3n) is 4.16. The molecule has 82 valence electrons. The SMILES string of the molecule is CC1CCC(CN)CN1CC1CCC1. The minimum atomic E-state index is 0.770. The fourth-order valence-electron chi connectivity index (χ4n) is 2.72. The van der Waals surface area contributed by atoms with Crippen molar-refractivity contribution in [2.24, 2.45) is 17.6 Å². The highest BCUT2D eigenvalue weighted by atomic mass is 15.2. The predicted molar refractivity (Wildman–Crippen MR) is 60.2 cm³/mol. The Morgan fingerprint density at radius 3 is 2.50 bits per heavy atom. The zero-order chi connectivity index (χ0) is 9.97. The second-order valence-electron chi connectivity index (χ2n) is 5.28. The van der Waals surface area contributed by atoms with Gasteiger partial charge in [0.1, 0.15) is 0 Å². The van der Waals surface area contributed by atoms with Gasteiger partial charge in [0, 0.05) is 19.1 Å². The van der Waals surface area contributed by atoms with E-state index in [0.717, 1.165) is 24.4 Å². The van der Waals surface area contributed by atoms with Crippen LogP contribution in [0.5, 0.6) is 0 Å². The average molecular weight is 196 g/mol. The molecule has 0 aromatic rings. The van der Waals surface area contributed by atoms with Gasteiger partial charge in [0.05, 0.1) is 0 Å². The van der Waals surface area contributed by atoms with Crippen molar-refractivity contribution in [1.29, 1.82) is 0 Å². The number of rotatable bonds is 3. The molecular formula is C12H24N2. The molecule has 1 heterocycles. The van der Waals surface area contributed by atoms with Gasteiger partial charge in [-0.05, 0) is 51.0 Å². The van der Waals surface area contributed by atoms with Gasteiger partial charge in [-0.25, -0.2) is 0 Å². The molecule has 14 heavy (non-hydrogen) atoms. The molecule has 0 aromatic heterocycles. The molecule has 2 rings (SSSR count). The Morgan fingerprint density at radius 1 is 1.14 bits per heavy atom. The maximum absolute atomic E-state index is 5.76. The standard InChI is InChI=1S/C12H24N2/c1-10-5-6-12(7-13)9-14(10)8-11-3-2-4-11/h10-12H,2-9,13H2,1H3. The van der Waals surface area contributed by atoms with Crippen molar-refractivity contribution in [3.63, 3.8) is 0 Å². The first-order valence-electron chi connectivity index (χ1n) is 6.23. The summed E-state index contributed by atoms with van der Waals surface area (Å²) in [7, 11) is 0. The van der Waals surface area contributed by atoms with Gasteiger partial charge in [0.25, 0.3) is 0 Å². The van der Waals surface area contributed by atoms with Crippen molar-refractivity contribution in [3.8, 4) is 0 Å². The molecule has 2 N–H and O–H groups in total. The first-order chi connectivity index (χ1) is 6.79. The van der Waals surface area contributed by atoms with E-state index in [0.29, 0.717) is 0 Å². The molecule has 1 aliphatic heterocycles. The average Bonchev–Trinajstić information content (AvgIpc) is 2.14. The Labute approximate surface area is 87.8 Å². The Bertz CT molecular complexity index is 175. The predicted octanol–water partition coefficient (Wildman–Crippen LogP) is 1.85. The van der Waals surface area contributed by atoms with E-state index < -0.39 is 0 Å². The number of nitrogens with two attached hydrogens (primary N) is 1. The van der Waals surface area contributed by atoms with Crippen molar-refractivity contribution in [2.45, 2.75) is 45.1 Å². The molecule has 2 atom stereocenters. The summed E-state index contributed by atoms with van der Waals surface area (Å²) in [5.74, 6) is 1.78. The van der Waals surface area contributed by atoms with Crippen LogP contribution in [0.15, 0.2) is 0 Å². The summed E-state index contributed by atoms with van der Waals surface area (Å²) in [6.07, 6.45) is 7.10. The molecule has 0 spiro atoms. The summed E-state index contributed by atoms with van der Waals surface area (Å²) < 4.78 is 0. The molecule has 2 nitrogen and oxygen atoms in total. The van der Waals surface area contributed by atoms with E-state index in [1.807, 2.05) is 0 Å². The van der Waals surface area contributed by atoms with Gasteiger partial charge < -0.3 is 10.6 Å². The van der Waals surface area contributed by atoms with Crippen LogP contribution < -0.4 is 5.73 Å². The zero-order valence-electron chi connectivity index (χ0n) is 9.41. The molecule has 2 fully saturated rings. The van der Waals surface area contributed by atoms with Crippen LogP contribution in [0, 0.1) is 11.8 Å². The Kier molecular flexibility index (Phi) is 3.45. The molecule has 0 amide bonds. The third-order valence-corrected chi connectivity index (χ3v) is 4.16. The van der Waals surface area contributed by atoms with Crippen LogP contribution in [0.2, 0.25) is 0 Å².